The zero-order valence-corrected chi connectivity index (χ0v) is 14.4. The van der Waals surface area contributed by atoms with Crippen LogP contribution >= 0.6 is 0 Å². The average Bonchev–Trinajstić information content (AvgIpc) is 3.41. The van der Waals surface area contributed by atoms with Gasteiger partial charge in [-0.25, -0.2) is 4.79 Å². The van der Waals surface area contributed by atoms with E-state index in [2.05, 4.69) is 15.7 Å². The van der Waals surface area contributed by atoms with E-state index in [-0.39, 0.29) is 6.03 Å². The van der Waals surface area contributed by atoms with Gasteiger partial charge in [0.1, 0.15) is 0 Å². The molecule has 0 atom stereocenters. The summed E-state index contributed by atoms with van der Waals surface area (Å²) in [7, 11) is 1.69. The number of nitrogens with zero attached hydrogens (tertiary/aromatic N) is 2. The first-order chi connectivity index (χ1) is 11.1. The lowest BCUT2D eigenvalue weighted by atomic mass is 10.1. The molecule has 2 amide bonds. The third-order valence-corrected chi connectivity index (χ3v) is 5.02. The zero-order chi connectivity index (χ0) is 16.4. The predicted molar refractivity (Wildman–Crippen MR) is 88.2 cm³/mol. The molecule has 0 saturated heterocycles. The largest absolute Gasteiger partial charge is 0.383 e. The fraction of sp³-hybridized carbons (Fsp3) is 0.765. The summed E-state index contributed by atoms with van der Waals surface area (Å²) in [5.41, 5.74) is 3.17. The van der Waals surface area contributed by atoms with Gasteiger partial charge in [0.15, 0.2) is 0 Å². The third-order valence-electron chi connectivity index (χ3n) is 5.02. The molecule has 0 unspecified atom stereocenters. The fourth-order valence-corrected chi connectivity index (χ4v) is 3.29. The van der Waals surface area contributed by atoms with Crippen LogP contribution in [0, 0.1) is 25.7 Å². The van der Waals surface area contributed by atoms with Gasteiger partial charge in [-0.15, -0.1) is 0 Å². The molecule has 1 heterocycles. The van der Waals surface area contributed by atoms with Crippen LogP contribution in [-0.4, -0.2) is 35.6 Å². The Morgan fingerprint density at radius 1 is 1.30 bits per heavy atom. The molecule has 6 heteroatoms. The highest BCUT2D eigenvalue weighted by atomic mass is 16.5. The lowest BCUT2D eigenvalue weighted by Crippen LogP contribution is -2.44. The number of nitrogens with one attached hydrogen (secondary N) is 2. The molecule has 2 saturated carbocycles. The summed E-state index contributed by atoms with van der Waals surface area (Å²) >= 11 is 0. The standard InChI is InChI=1S/C17H28N4O2/c1-11-15(12(2)21(20-11)8-9-23-3)10-18-17(22)19-16(13-4-5-13)14-6-7-14/h13-14,16H,4-10H2,1-3H3,(H2,18,19,22). The summed E-state index contributed by atoms with van der Waals surface area (Å²) < 4.78 is 7.06. The Hall–Kier alpha value is -1.56. The third kappa shape index (κ3) is 4.05. The first kappa shape index (κ1) is 16.3. The van der Waals surface area contributed by atoms with E-state index in [1.807, 2.05) is 18.5 Å². The number of hydrogen-bond acceptors (Lipinski definition) is 3. The number of amides is 2. The molecule has 1 aromatic heterocycles. The van der Waals surface area contributed by atoms with Gasteiger partial charge in [0.25, 0.3) is 0 Å². The maximum atomic E-state index is 12.2. The molecule has 3 rings (SSSR count). The van der Waals surface area contributed by atoms with E-state index in [4.69, 9.17) is 4.74 Å². The number of urea groups is 1. The van der Waals surface area contributed by atoms with Crippen LogP contribution in [0.1, 0.15) is 42.6 Å². The molecule has 0 aromatic carbocycles. The summed E-state index contributed by atoms with van der Waals surface area (Å²) in [5.74, 6) is 1.43. The summed E-state index contributed by atoms with van der Waals surface area (Å²) in [5, 5.41) is 10.7. The molecule has 128 valence electrons. The first-order valence-corrected chi connectivity index (χ1v) is 8.66. The van der Waals surface area contributed by atoms with Gasteiger partial charge in [0.05, 0.1) is 18.8 Å². The van der Waals surface area contributed by atoms with Gasteiger partial charge in [-0.2, -0.15) is 5.10 Å². The van der Waals surface area contributed by atoms with Gasteiger partial charge in [0.2, 0.25) is 0 Å². The van der Waals surface area contributed by atoms with Gasteiger partial charge in [-0.3, -0.25) is 4.68 Å². The quantitative estimate of drug-likeness (QED) is 0.771. The monoisotopic (exact) mass is 320 g/mol. The van der Waals surface area contributed by atoms with Crippen LogP contribution < -0.4 is 10.6 Å². The molecular formula is C17H28N4O2. The van der Waals surface area contributed by atoms with Crippen LogP contribution in [-0.2, 0) is 17.8 Å². The predicted octanol–water partition coefficient (Wildman–Crippen LogP) is 2.13. The van der Waals surface area contributed by atoms with Gasteiger partial charge < -0.3 is 15.4 Å². The number of ether oxygens (including phenoxy) is 1. The van der Waals surface area contributed by atoms with Crippen molar-refractivity contribution in [3.8, 4) is 0 Å². The first-order valence-electron chi connectivity index (χ1n) is 8.66. The van der Waals surface area contributed by atoms with Crippen LogP contribution in [0.5, 0.6) is 0 Å². The van der Waals surface area contributed by atoms with Crippen molar-refractivity contribution in [2.24, 2.45) is 11.8 Å². The molecule has 0 bridgehead atoms. The molecular weight excluding hydrogens is 292 g/mol. The van der Waals surface area contributed by atoms with E-state index in [9.17, 15) is 4.79 Å². The topological polar surface area (TPSA) is 68.2 Å². The van der Waals surface area contributed by atoms with Crippen molar-refractivity contribution in [1.82, 2.24) is 20.4 Å². The van der Waals surface area contributed by atoms with Crippen molar-refractivity contribution in [2.75, 3.05) is 13.7 Å². The van der Waals surface area contributed by atoms with Crippen molar-refractivity contribution in [1.29, 1.82) is 0 Å². The Bertz CT molecular complexity index is 549. The van der Waals surface area contributed by atoms with Crippen molar-refractivity contribution >= 4 is 6.03 Å². The van der Waals surface area contributed by atoms with Crippen LogP contribution in [0.4, 0.5) is 4.79 Å². The number of methoxy groups -OCH3 is 1. The van der Waals surface area contributed by atoms with Gasteiger partial charge in [-0.1, -0.05) is 0 Å². The lowest BCUT2D eigenvalue weighted by Gasteiger charge is -2.18. The normalized spacial score (nSPS) is 17.6. The maximum absolute atomic E-state index is 12.2. The smallest absolute Gasteiger partial charge is 0.315 e. The molecule has 0 aliphatic heterocycles. The van der Waals surface area contributed by atoms with Crippen molar-refractivity contribution in [3.63, 3.8) is 0 Å². The molecule has 1 aromatic rings. The van der Waals surface area contributed by atoms with Crippen LogP contribution in [0.15, 0.2) is 0 Å². The molecule has 2 fully saturated rings. The maximum Gasteiger partial charge on any atom is 0.315 e. The Morgan fingerprint density at radius 2 is 1.96 bits per heavy atom. The molecule has 6 nitrogen and oxygen atoms in total. The molecule has 2 N–H and O–H groups in total. The molecule has 0 spiro atoms. The van der Waals surface area contributed by atoms with Gasteiger partial charge >= 0.3 is 6.03 Å². The second kappa shape index (κ2) is 6.91. The molecule has 2 aliphatic rings. The second-order valence-electron chi connectivity index (χ2n) is 6.89. The number of carbonyl (C=O) groups excluding carboxylic acids is 1. The molecule has 2 aliphatic carbocycles. The molecule has 0 radical (unpaired) electrons. The molecule has 23 heavy (non-hydrogen) atoms. The highest BCUT2D eigenvalue weighted by Gasteiger charge is 2.42. The Labute approximate surface area is 138 Å². The average molecular weight is 320 g/mol. The Morgan fingerprint density at radius 3 is 2.52 bits per heavy atom. The number of hydrogen-bond donors (Lipinski definition) is 2. The summed E-state index contributed by atoms with van der Waals surface area (Å²) in [6, 6.07) is 0.346. The zero-order valence-electron chi connectivity index (χ0n) is 14.4. The Balaban J connectivity index is 1.53. The van der Waals surface area contributed by atoms with E-state index in [0.717, 1.165) is 23.5 Å². The van der Waals surface area contributed by atoms with E-state index in [0.29, 0.717) is 31.0 Å². The number of aromatic nitrogens is 2. The van der Waals surface area contributed by atoms with Gasteiger partial charge in [-0.05, 0) is 51.4 Å². The highest BCUT2D eigenvalue weighted by Crippen LogP contribution is 2.44. The van der Waals surface area contributed by atoms with E-state index >= 15 is 0 Å². The van der Waals surface area contributed by atoms with E-state index in [1.54, 1.807) is 7.11 Å². The summed E-state index contributed by atoms with van der Waals surface area (Å²) in [6.45, 7) is 5.93. The number of carbonyl (C=O) groups is 1. The number of rotatable bonds is 8. The summed E-state index contributed by atoms with van der Waals surface area (Å²) in [4.78, 5) is 12.2. The van der Waals surface area contributed by atoms with Gasteiger partial charge in [0, 0.05) is 31.0 Å². The fourth-order valence-electron chi connectivity index (χ4n) is 3.29. The summed E-state index contributed by atoms with van der Waals surface area (Å²) in [6.07, 6.45) is 5.08. The van der Waals surface area contributed by atoms with Crippen molar-refractivity contribution < 1.29 is 9.53 Å². The minimum Gasteiger partial charge on any atom is -0.383 e. The van der Waals surface area contributed by atoms with E-state index < -0.39 is 0 Å². The number of aryl methyl sites for hydroxylation is 1. The second-order valence-corrected chi connectivity index (χ2v) is 6.89. The Kier molecular flexibility index (Phi) is 4.90. The van der Waals surface area contributed by atoms with Crippen LogP contribution in [0.2, 0.25) is 0 Å². The van der Waals surface area contributed by atoms with Crippen molar-refractivity contribution in [2.45, 2.75) is 58.7 Å². The van der Waals surface area contributed by atoms with Crippen LogP contribution in [0.25, 0.3) is 0 Å². The minimum atomic E-state index is -0.0442. The van der Waals surface area contributed by atoms with Crippen molar-refractivity contribution in [3.05, 3.63) is 17.0 Å². The van der Waals surface area contributed by atoms with E-state index in [1.165, 1.54) is 25.7 Å². The minimum absolute atomic E-state index is 0.0442. The van der Waals surface area contributed by atoms with Crippen LogP contribution in [0.3, 0.4) is 0 Å². The SMILES string of the molecule is COCCn1nc(C)c(CNC(=O)NC(C2CC2)C2CC2)c1C. The lowest BCUT2D eigenvalue weighted by molar-refractivity contribution is 0.182. The highest BCUT2D eigenvalue weighted by molar-refractivity contribution is 5.74.